The Kier molecular flexibility index (Phi) is 3.26. The molecule has 1 atom stereocenters. The molecule has 1 N–H and O–H groups in total. The van der Waals surface area contributed by atoms with Crippen LogP contribution in [0.4, 0.5) is 0 Å². The number of hydrogen-bond acceptors (Lipinski definition) is 1. The van der Waals surface area contributed by atoms with Crippen LogP contribution in [0.2, 0.25) is 0 Å². The van der Waals surface area contributed by atoms with Crippen molar-refractivity contribution >= 4 is 0 Å². The Morgan fingerprint density at radius 3 is 2.46 bits per heavy atom. The summed E-state index contributed by atoms with van der Waals surface area (Å²) in [4.78, 5) is 0. The van der Waals surface area contributed by atoms with Crippen molar-refractivity contribution in [3.8, 4) is 0 Å². The van der Waals surface area contributed by atoms with Gasteiger partial charge in [0, 0.05) is 5.41 Å². The molecule has 1 heteroatoms. The molecule has 70 valence electrons. The minimum atomic E-state index is -0.178. The summed E-state index contributed by atoms with van der Waals surface area (Å²) in [6.07, 6.45) is 2.65. The fourth-order valence-electron chi connectivity index (χ4n) is 1.43. The predicted molar refractivity (Wildman–Crippen MR) is 55.7 cm³/mol. The summed E-state index contributed by atoms with van der Waals surface area (Å²) < 4.78 is 0. The van der Waals surface area contributed by atoms with Gasteiger partial charge in [-0.2, -0.15) is 0 Å². The first-order valence-electron chi connectivity index (χ1n) is 4.50. The van der Waals surface area contributed by atoms with E-state index in [2.05, 4.69) is 6.58 Å². The number of rotatable bonds is 4. The van der Waals surface area contributed by atoms with Crippen molar-refractivity contribution in [2.75, 3.05) is 6.61 Å². The van der Waals surface area contributed by atoms with Crippen molar-refractivity contribution in [1.29, 1.82) is 0 Å². The zero-order valence-electron chi connectivity index (χ0n) is 8.03. The Morgan fingerprint density at radius 1 is 1.38 bits per heavy atom. The van der Waals surface area contributed by atoms with Crippen LogP contribution in [0.1, 0.15) is 18.9 Å². The van der Waals surface area contributed by atoms with Gasteiger partial charge in [0.05, 0.1) is 6.61 Å². The van der Waals surface area contributed by atoms with Crippen molar-refractivity contribution in [3.63, 3.8) is 0 Å². The zero-order valence-corrected chi connectivity index (χ0v) is 8.03. The van der Waals surface area contributed by atoms with Crippen molar-refractivity contribution in [3.05, 3.63) is 48.6 Å². The second-order valence-corrected chi connectivity index (χ2v) is 3.58. The highest BCUT2D eigenvalue weighted by molar-refractivity contribution is 5.25. The van der Waals surface area contributed by atoms with Gasteiger partial charge in [0.15, 0.2) is 0 Å². The lowest BCUT2D eigenvalue weighted by Gasteiger charge is -2.26. The number of aliphatic hydroxyl groups excluding tert-OH is 1. The van der Waals surface area contributed by atoms with E-state index in [-0.39, 0.29) is 12.0 Å². The molecule has 1 aromatic carbocycles. The third kappa shape index (κ3) is 2.19. The summed E-state index contributed by atoms with van der Waals surface area (Å²) in [6.45, 7) is 5.91. The largest absolute Gasteiger partial charge is 0.395 e. The molecule has 0 fully saturated rings. The van der Waals surface area contributed by atoms with E-state index >= 15 is 0 Å². The van der Waals surface area contributed by atoms with Crippen molar-refractivity contribution in [2.24, 2.45) is 0 Å². The van der Waals surface area contributed by atoms with Gasteiger partial charge in [-0.15, -0.1) is 6.58 Å². The zero-order chi connectivity index (χ0) is 9.73. The highest BCUT2D eigenvalue weighted by Gasteiger charge is 2.23. The smallest absolute Gasteiger partial charge is 0.0528 e. The first kappa shape index (κ1) is 10.0. The van der Waals surface area contributed by atoms with E-state index in [1.807, 2.05) is 43.3 Å². The molecular weight excluding hydrogens is 160 g/mol. The molecule has 1 aromatic rings. The average Bonchev–Trinajstić information content (AvgIpc) is 2.19. The maximum atomic E-state index is 9.32. The van der Waals surface area contributed by atoms with Crippen molar-refractivity contribution in [1.82, 2.24) is 0 Å². The molecule has 0 aliphatic heterocycles. The fourth-order valence-corrected chi connectivity index (χ4v) is 1.43. The number of allylic oxidation sites excluding steroid dienone is 1. The van der Waals surface area contributed by atoms with E-state index in [1.54, 1.807) is 0 Å². The lowest BCUT2D eigenvalue weighted by molar-refractivity contribution is 0.207. The molecule has 0 saturated carbocycles. The SMILES string of the molecule is C=CCC(C)(CO)c1ccccc1. The van der Waals surface area contributed by atoms with E-state index < -0.39 is 0 Å². The van der Waals surface area contributed by atoms with Crippen LogP contribution in [0.15, 0.2) is 43.0 Å². The molecule has 0 aliphatic carbocycles. The van der Waals surface area contributed by atoms with Gasteiger partial charge in [-0.25, -0.2) is 0 Å². The Labute approximate surface area is 79.7 Å². The summed E-state index contributed by atoms with van der Waals surface area (Å²) in [6, 6.07) is 10.0. The lowest BCUT2D eigenvalue weighted by Crippen LogP contribution is -2.25. The van der Waals surface area contributed by atoms with Crippen LogP contribution in [0, 0.1) is 0 Å². The molecule has 0 amide bonds. The van der Waals surface area contributed by atoms with Crippen molar-refractivity contribution < 1.29 is 5.11 Å². The average molecular weight is 176 g/mol. The molecule has 0 aromatic heterocycles. The molecule has 0 aliphatic rings. The summed E-state index contributed by atoms with van der Waals surface area (Å²) in [5.41, 5.74) is 0.987. The van der Waals surface area contributed by atoms with E-state index in [0.717, 1.165) is 12.0 Å². The molecule has 0 radical (unpaired) electrons. The Balaban J connectivity index is 2.95. The first-order chi connectivity index (χ1) is 6.23. The van der Waals surface area contributed by atoms with Gasteiger partial charge in [0.2, 0.25) is 0 Å². The second kappa shape index (κ2) is 4.24. The molecule has 1 rings (SSSR count). The Bertz CT molecular complexity index is 266. The topological polar surface area (TPSA) is 20.2 Å². The molecule has 0 bridgehead atoms. The molecule has 1 nitrogen and oxygen atoms in total. The molecule has 13 heavy (non-hydrogen) atoms. The van der Waals surface area contributed by atoms with Gasteiger partial charge in [-0.3, -0.25) is 0 Å². The highest BCUT2D eigenvalue weighted by Crippen LogP contribution is 2.26. The molecular formula is C12H16O. The molecule has 0 spiro atoms. The molecule has 1 unspecified atom stereocenters. The quantitative estimate of drug-likeness (QED) is 0.699. The second-order valence-electron chi connectivity index (χ2n) is 3.58. The summed E-state index contributed by atoms with van der Waals surface area (Å²) in [7, 11) is 0. The number of aliphatic hydroxyl groups is 1. The summed E-state index contributed by atoms with van der Waals surface area (Å²) in [5.74, 6) is 0. The van der Waals surface area contributed by atoms with E-state index in [0.29, 0.717) is 0 Å². The van der Waals surface area contributed by atoms with Gasteiger partial charge >= 0.3 is 0 Å². The van der Waals surface area contributed by atoms with Gasteiger partial charge in [0.1, 0.15) is 0 Å². The third-order valence-electron chi connectivity index (χ3n) is 2.41. The van der Waals surface area contributed by atoms with Crippen LogP contribution in [-0.2, 0) is 5.41 Å². The number of hydrogen-bond donors (Lipinski definition) is 1. The van der Waals surface area contributed by atoms with Crippen LogP contribution in [-0.4, -0.2) is 11.7 Å². The van der Waals surface area contributed by atoms with Crippen LogP contribution in [0.25, 0.3) is 0 Å². The van der Waals surface area contributed by atoms with E-state index in [1.165, 1.54) is 0 Å². The predicted octanol–water partition coefficient (Wildman–Crippen LogP) is 2.51. The van der Waals surface area contributed by atoms with Gasteiger partial charge in [-0.1, -0.05) is 43.3 Å². The number of benzene rings is 1. The minimum absolute atomic E-state index is 0.156. The van der Waals surface area contributed by atoms with Gasteiger partial charge < -0.3 is 5.11 Å². The standard InChI is InChI=1S/C12H16O/c1-3-9-12(2,10-13)11-7-5-4-6-8-11/h3-8,13H,1,9-10H2,2H3. The van der Waals surface area contributed by atoms with Crippen LogP contribution >= 0.6 is 0 Å². The van der Waals surface area contributed by atoms with Gasteiger partial charge in [0.25, 0.3) is 0 Å². The third-order valence-corrected chi connectivity index (χ3v) is 2.41. The fraction of sp³-hybridized carbons (Fsp3) is 0.333. The van der Waals surface area contributed by atoms with Gasteiger partial charge in [-0.05, 0) is 12.0 Å². The first-order valence-corrected chi connectivity index (χ1v) is 4.50. The van der Waals surface area contributed by atoms with Crippen LogP contribution in [0.5, 0.6) is 0 Å². The molecule has 0 heterocycles. The van der Waals surface area contributed by atoms with E-state index in [4.69, 9.17) is 0 Å². The highest BCUT2D eigenvalue weighted by atomic mass is 16.3. The minimum Gasteiger partial charge on any atom is -0.395 e. The maximum absolute atomic E-state index is 9.32. The normalized spacial score (nSPS) is 14.9. The Morgan fingerprint density at radius 2 is 2.00 bits per heavy atom. The summed E-state index contributed by atoms with van der Waals surface area (Å²) >= 11 is 0. The van der Waals surface area contributed by atoms with Crippen LogP contribution < -0.4 is 0 Å². The summed E-state index contributed by atoms with van der Waals surface area (Å²) in [5, 5.41) is 9.32. The lowest BCUT2D eigenvalue weighted by atomic mass is 9.80. The maximum Gasteiger partial charge on any atom is 0.0528 e. The van der Waals surface area contributed by atoms with Crippen LogP contribution in [0.3, 0.4) is 0 Å². The van der Waals surface area contributed by atoms with Crippen molar-refractivity contribution in [2.45, 2.75) is 18.8 Å². The monoisotopic (exact) mass is 176 g/mol. The van der Waals surface area contributed by atoms with E-state index in [9.17, 15) is 5.11 Å². The molecule has 0 saturated heterocycles. The Hall–Kier alpha value is -1.08.